The van der Waals surface area contributed by atoms with Crippen LogP contribution in [0.25, 0.3) is 0 Å². The number of benzene rings is 1. The van der Waals surface area contributed by atoms with Gasteiger partial charge in [0.1, 0.15) is 0 Å². The average Bonchev–Trinajstić information content (AvgIpc) is 2.17. The molecule has 5 nitrogen and oxygen atoms in total. The van der Waals surface area contributed by atoms with Gasteiger partial charge in [0.15, 0.2) is 0 Å². The molecule has 0 fully saturated rings. The fourth-order valence-electron chi connectivity index (χ4n) is 1.48. The minimum atomic E-state index is -0.408. The Morgan fingerprint density at radius 2 is 2.19 bits per heavy atom. The van der Waals surface area contributed by atoms with Crippen LogP contribution < -0.4 is 5.32 Å². The van der Waals surface area contributed by atoms with Crippen LogP contribution in [0.15, 0.2) is 24.3 Å². The van der Waals surface area contributed by atoms with Crippen molar-refractivity contribution in [2.75, 3.05) is 19.0 Å². The Labute approximate surface area is 94.6 Å². The van der Waals surface area contributed by atoms with E-state index in [1.807, 2.05) is 13.8 Å². The van der Waals surface area contributed by atoms with Crippen molar-refractivity contribution in [1.82, 2.24) is 0 Å². The summed E-state index contributed by atoms with van der Waals surface area (Å²) in [6, 6.07) is 6.43. The number of methoxy groups -OCH3 is 1. The summed E-state index contributed by atoms with van der Waals surface area (Å²) < 4.78 is 5.06. The minimum absolute atomic E-state index is 0.0817. The Morgan fingerprint density at radius 1 is 1.50 bits per heavy atom. The van der Waals surface area contributed by atoms with E-state index in [4.69, 9.17) is 4.74 Å². The number of hydrogen-bond donors (Lipinski definition) is 1. The highest BCUT2D eigenvalue weighted by atomic mass is 16.6. The van der Waals surface area contributed by atoms with E-state index in [-0.39, 0.29) is 11.2 Å². The quantitative estimate of drug-likeness (QED) is 0.616. The molecule has 0 saturated carbocycles. The van der Waals surface area contributed by atoms with E-state index in [1.54, 1.807) is 19.2 Å². The molecule has 0 radical (unpaired) electrons. The highest BCUT2D eigenvalue weighted by Crippen LogP contribution is 2.20. The Bertz CT molecular complexity index is 377. The average molecular weight is 224 g/mol. The maximum atomic E-state index is 10.6. The molecule has 0 saturated heterocycles. The Morgan fingerprint density at radius 3 is 2.75 bits per heavy atom. The van der Waals surface area contributed by atoms with Crippen LogP contribution in [0.2, 0.25) is 0 Å². The fourth-order valence-corrected chi connectivity index (χ4v) is 1.48. The van der Waals surface area contributed by atoms with Crippen molar-refractivity contribution >= 4 is 11.4 Å². The molecule has 1 rings (SSSR count). The van der Waals surface area contributed by atoms with Crippen LogP contribution in [0.1, 0.15) is 13.8 Å². The van der Waals surface area contributed by atoms with E-state index in [1.165, 1.54) is 12.1 Å². The second-order valence-electron chi connectivity index (χ2n) is 4.25. The summed E-state index contributed by atoms with van der Waals surface area (Å²) in [4.78, 5) is 10.2. The number of nitrogens with zero attached hydrogens (tertiary/aromatic N) is 1. The van der Waals surface area contributed by atoms with Gasteiger partial charge in [-0.1, -0.05) is 6.07 Å². The van der Waals surface area contributed by atoms with Gasteiger partial charge in [0.2, 0.25) is 0 Å². The van der Waals surface area contributed by atoms with Gasteiger partial charge in [-0.25, -0.2) is 0 Å². The molecule has 0 atom stereocenters. The zero-order valence-corrected chi connectivity index (χ0v) is 9.69. The van der Waals surface area contributed by atoms with Crippen LogP contribution in [0.4, 0.5) is 11.4 Å². The third-order valence-corrected chi connectivity index (χ3v) is 2.04. The van der Waals surface area contributed by atoms with E-state index >= 15 is 0 Å². The highest BCUT2D eigenvalue weighted by molar-refractivity contribution is 5.52. The normalized spacial score (nSPS) is 11.2. The molecular formula is C11H16N2O3. The molecule has 0 aromatic heterocycles. The lowest BCUT2D eigenvalue weighted by molar-refractivity contribution is -0.384. The van der Waals surface area contributed by atoms with Gasteiger partial charge in [-0.3, -0.25) is 10.1 Å². The predicted molar refractivity (Wildman–Crippen MR) is 62.7 cm³/mol. The molecule has 0 spiro atoms. The van der Waals surface area contributed by atoms with Gasteiger partial charge in [-0.2, -0.15) is 0 Å². The van der Waals surface area contributed by atoms with Crippen LogP contribution >= 0.6 is 0 Å². The predicted octanol–water partition coefficient (Wildman–Crippen LogP) is 2.43. The monoisotopic (exact) mass is 224 g/mol. The van der Waals surface area contributed by atoms with Crippen molar-refractivity contribution in [1.29, 1.82) is 0 Å². The van der Waals surface area contributed by atoms with E-state index in [2.05, 4.69) is 5.32 Å². The van der Waals surface area contributed by atoms with Crippen LogP contribution in [0, 0.1) is 10.1 Å². The molecule has 0 aliphatic carbocycles. The SMILES string of the molecule is COCC(C)(C)Nc1cccc([N+](=O)[O-])c1. The van der Waals surface area contributed by atoms with Gasteiger partial charge < -0.3 is 10.1 Å². The molecule has 0 aliphatic heterocycles. The number of hydrogen-bond acceptors (Lipinski definition) is 4. The summed E-state index contributed by atoms with van der Waals surface area (Å²) >= 11 is 0. The van der Waals surface area contributed by atoms with Gasteiger partial charge in [0, 0.05) is 24.9 Å². The van der Waals surface area contributed by atoms with Crippen molar-refractivity contribution in [2.24, 2.45) is 0 Å². The van der Waals surface area contributed by atoms with Gasteiger partial charge in [0.05, 0.1) is 17.1 Å². The molecule has 1 aromatic carbocycles. The van der Waals surface area contributed by atoms with Crippen molar-refractivity contribution in [3.8, 4) is 0 Å². The van der Waals surface area contributed by atoms with Crippen LogP contribution in [-0.4, -0.2) is 24.2 Å². The lowest BCUT2D eigenvalue weighted by Crippen LogP contribution is -2.35. The molecule has 1 aromatic rings. The largest absolute Gasteiger partial charge is 0.382 e. The molecule has 0 bridgehead atoms. The number of anilines is 1. The summed E-state index contributed by atoms with van der Waals surface area (Å²) in [5.41, 5.74) is 0.540. The van der Waals surface area contributed by atoms with Crippen LogP contribution in [0.3, 0.4) is 0 Å². The van der Waals surface area contributed by atoms with Crippen molar-refractivity contribution in [2.45, 2.75) is 19.4 Å². The van der Waals surface area contributed by atoms with Gasteiger partial charge >= 0.3 is 0 Å². The number of nitro benzene ring substituents is 1. The first kappa shape index (κ1) is 12.4. The third-order valence-electron chi connectivity index (χ3n) is 2.04. The fraction of sp³-hybridized carbons (Fsp3) is 0.455. The number of nitro groups is 1. The first-order valence-corrected chi connectivity index (χ1v) is 4.96. The van der Waals surface area contributed by atoms with Crippen LogP contribution in [-0.2, 0) is 4.74 Å². The van der Waals surface area contributed by atoms with E-state index < -0.39 is 4.92 Å². The van der Waals surface area contributed by atoms with Crippen molar-refractivity contribution < 1.29 is 9.66 Å². The minimum Gasteiger partial charge on any atom is -0.382 e. The second kappa shape index (κ2) is 4.94. The maximum Gasteiger partial charge on any atom is 0.271 e. The summed E-state index contributed by atoms with van der Waals surface area (Å²) in [5, 5.41) is 13.8. The van der Waals surface area contributed by atoms with Gasteiger partial charge in [0.25, 0.3) is 5.69 Å². The Balaban J connectivity index is 2.81. The molecule has 5 heteroatoms. The Hall–Kier alpha value is -1.62. The maximum absolute atomic E-state index is 10.6. The van der Waals surface area contributed by atoms with Gasteiger partial charge in [-0.15, -0.1) is 0 Å². The third kappa shape index (κ3) is 3.51. The highest BCUT2D eigenvalue weighted by Gasteiger charge is 2.17. The molecule has 0 amide bonds. The molecule has 0 aliphatic rings. The first-order chi connectivity index (χ1) is 7.44. The van der Waals surface area contributed by atoms with Crippen LogP contribution in [0.5, 0.6) is 0 Å². The lowest BCUT2D eigenvalue weighted by atomic mass is 10.1. The molecule has 0 unspecified atom stereocenters. The zero-order valence-electron chi connectivity index (χ0n) is 9.69. The molecule has 1 N–H and O–H groups in total. The molecule has 0 heterocycles. The van der Waals surface area contributed by atoms with Crippen molar-refractivity contribution in [3.63, 3.8) is 0 Å². The number of ether oxygens (including phenoxy) is 1. The molecule has 88 valence electrons. The topological polar surface area (TPSA) is 64.4 Å². The van der Waals surface area contributed by atoms with E-state index in [0.29, 0.717) is 6.61 Å². The summed E-state index contributed by atoms with van der Waals surface area (Å²) in [5.74, 6) is 0. The standard InChI is InChI=1S/C11H16N2O3/c1-11(2,8-16-3)12-9-5-4-6-10(7-9)13(14)15/h4-7,12H,8H2,1-3H3. The zero-order chi connectivity index (χ0) is 12.2. The number of non-ortho nitro benzene ring substituents is 1. The summed E-state index contributed by atoms with van der Waals surface area (Å²) in [6.45, 7) is 4.46. The van der Waals surface area contributed by atoms with Crippen molar-refractivity contribution in [3.05, 3.63) is 34.4 Å². The number of rotatable bonds is 5. The smallest absolute Gasteiger partial charge is 0.271 e. The molecular weight excluding hydrogens is 208 g/mol. The first-order valence-electron chi connectivity index (χ1n) is 4.96. The Kier molecular flexibility index (Phi) is 3.84. The second-order valence-corrected chi connectivity index (χ2v) is 4.25. The lowest BCUT2D eigenvalue weighted by Gasteiger charge is -2.26. The summed E-state index contributed by atoms with van der Waals surface area (Å²) in [7, 11) is 1.62. The summed E-state index contributed by atoms with van der Waals surface area (Å²) in [6.07, 6.45) is 0. The molecule has 16 heavy (non-hydrogen) atoms. The van der Waals surface area contributed by atoms with E-state index in [9.17, 15) is 10.1 Å². The van der Waals surface area contributed by atoms with Gasteiger partial charge in [-0.05, 0) is 19.9 Å². The number of nitrogens with one attached hydrogen (secondary N) is 1. The van der Waals surface area contributed by atoms with E-state index in [0.717, 1.165) is 5.69 Å².